The van der Waals surface area contributed by atoms with Crippen LogP contribution in [-0.4, -0.2) is 35.2 Å². The molecule has 1 saturated heterocycles. The number of amides is 1. The summed E-state index contributed by atoms with van der Waals surface area (Å²) in [6, 6.07) is 0.446. The summed E-state index contributed by atoms with van der Waals surface area (Å²) in [5.41, 5.74) is 5.71. The van der Waals surface area contributed by atoms with Gasteiger partial charge in [-0.3, -0.25) is 0 Å². The van der Waals surface area contributed by atoms with E-state index >= 15 is 0 Å². The average molecular weight is 240 g/mol. The van der Waals surface area contributed by atoms with E-state index in [0.29, 0.717) is 18.5 Å². The molecule has 3 atom stereocenters. The van der Waals surface area contributed by atoms with Crippen molar-refractivity contribution < 1.29 is 9.53 Å². The first-order valence-corrected chi connectivity index (χ1v) is 6.64. The number of nitrogens with zero attached hydrogens (tertiary/aromatic N) is 1. The summed E-state index contributed by atoms with van der Waals surface area (Å²) < 4.78 is 5.45. The fraction of sp³-hybridized carbons (Fsp3) is 0.923. The zero-order valence-electron chi connectivity index (χ0n) is 11.1. The first-order chi connectivity index (χ1) is 7.88. The van der Waals surface area contributed by atoms with Crippen LogP contribution in [0.25, 0.3) is 0 Å². The van der Waals surface area contributed by atoms with Gasteiger partial charge in [-0.05, 0) is 39.5 Å². The monoisotopic (exact) mass is 240 g/mol. The van der Waals surface area contributed by atoms with Crippen molar-refractivity contribution in [2.75, 3.05) is 6.54 Å². The lowest BCUT2D eigenvalue weighted by molar-refractivity contribution is 0.0182. The molecule has 0 radical (unpaired) electrons. The van der Waals surface area contributed by atoms with Gasteiger partial charge in [-0.15, -0.1) is 0 Å². The molecule has 1 aliphatic carbocycles. The molecule has 1 amide bonds. The smallest absolute Gasteiger partial charge is 0.410 e. The van der Waals surface area contributed by atoms with Crippen LogP contribution in [0.3, 0.4) is 0 Å². The molecule has 98 valence electrons. The van der Waals surface area contributed by atoms with E-state index < -0.39 is 5.60 Å². The lowest BCUT2D eigenvalue weighted by Gasteiger charge is -2.33. The molecule has 2 N–H and O–H groups in total. The molecule has 0 spiro atoms. The van der Waals surface area contributed by atoms with E-state index in [9.17, 15) is 4.79 Å². The van der Waals surface area contributed by atoms with Crippen LogP contribution in [-0.2, 0) is 4.74 Å². The van der Waals surface area contributed by atoms with Crippen molar-refractivity contribution in [3.05, 3.63) is 0 Å². The Morgan fingerprint density at radius 2 is 1.94 bits per heavy atom. The maximum atomic E-state index is 12.1. The van der Waals surface area contributed by atoms with Crippen LogP contribution in [0.2, 0.25) is 0 Å². The van der Waals surface area contributed by atoms with Gasteiger partial charge >= 0.3 is 6.09 Å². The molecule has 3 unspecified atom stereocenters. The molecule has 4 nitrogen and oxygen atoms in total. The lowest BCUT2D eigenvalue weighted by Crippen LogP contribution is -2.42. The van der Waals surface area contributed by atoms with Crippen molar-refractivity contribution in [2.45, 2.75) is 64.1 Å². The van der Waals surface area contributed by atoms with Gasteiger partial charge in [0.15, 0.2) is 0 Å². The quantitative estimate of drug-likeness (QED) is 0.705. The topological polar surface area (TPSA) is 55.6 Å². The number of rotatable bonds is 0. The zero-order valence-corrected chi connectivity index (χ0v) is 11.1. The third-order valence-electron chi connectivity index (χ3n) is 3.77. The van der Waals surface area contributed by atoms with E-state index in [1.54, 1.807) is 0 Å². The normalized spacial score (nSPS) is 33.4. The minimum atomic E-state index is -0.423. The van der Waals surface area contributed by atoms with Gasteiger partial charge < -0.3 is 15.4 Å². The first kappa shape index (κ1) is 12.7. The largest absolute Gasteiger partial charge is 0.444 e. The second kappa shape index (κ2) is 4.48. The highest BCUT2D eigenvalue weighted by Crippen LogP contribution is 2.36. The number of carbonyl (C=O) groups is 1. The number of fused-ring (bicyclic) bond motifs is 1. The summed E-state index contributed by atoms with van der Waals surface area (Å²) in [6.07, 6.45) is 4.50. The fourth-order valence-electron chi connectivity index (χ4n) is 3.05. The zero-order chi connectivity index (χ0) is 12.6. The Labute approximate surface area is 103 Å². The minimum Gasteiger partial charge on any atom is -0.444 e. The molecule has 0 aromatic heterocycles. The molecule has 0 bridgehead atoms. The van der Waals surface area contributed by atoms with Crippen molar-refractivity contribution in [3.8, 4) is 0 Å². The third-order valence-corrected chi connectivity index (χ3v) is 3.77. The maximum absolute atomic E-state index is 12.1. The molecule has 17 heavy (non-hydrogen) atoms. The van der Waals surface area contributed by atoms with Crippen molar-refractivity contribution in [1.29, 1.82) is 0 Å². The van der Waals surface area contributed by atoms with Crippen LogP contribution in [0.15, 0.2) is 0 Å². The van der Waals surface area contributed by atoms with Crippen LogP contribution in [0.5, 0.6) is 0 Å². The molecule has 2 aliphatic rings. The van der Waals surface area contributed by atoms with Gasteiger partial charge in [0, 0.05) is 18.6 Å². The van der Waals surface area contributed by atoms with Gasteiger partial charge in [0.1, 0.15) is 5.60 Å². The number of ether oxygens (including phenoxy) is 1. The highest BCUT2D eigenvalue weighted by Gasteiger charge is 2.44. The predicted molar refractivity (Wildman–Crippen MR) is 66.7 cm³/mol. The van der Waals surface area contributed by atoms with E-state index in [0.717, 1.165) is 12.8 Å². The molecular formula is C13H24N2O2. The van der Waals surface area contributed by atoms with Crippen LogP contribution < -0.4 is 5.73 Å². The fourth-order valence-corrected chi connectivity index (χ4v) is 3.05. The maximum Gasteiger partial charge on any atom is 0.410 e. The molecular weight excluding hydrogens is 216 g/mol. The van der Waals surface area contributed by atoms with Crippen LogP contribution in [0.4, 0.5) is 4.79 Å². The number of carbonyl (C=O) groups excluding carboxylic acids is 1. The number of nitrogens with two attached hydrogens (primary N) is 1. The second-order valence-electron chi connectivity index (χ2n) is 6.31. The van der Waals surface area contributed by atoms with Crippen LogP contribution in [0.1, 0.15) is 46.5 Å². The molecule has 2 fully saturated rings. The molecule has 1 heterocycles. The molecule has 4 heteroatoms. The summed E-state index contributed by atoms with van der Waals surface area (Å²) in [4.78, 5) is 14.0. The molecule has 1 saturated carbocycles. The first-order valence-electron chi connectivity index (χ1n) is 6.64. The predicted octanol–water partition coefficient (Wildman–Crippen LogP) is 2.12. The number of hydrogen-bond donors (Lipinski definition) is 1. The molecule has 0 aromatic rings. The number of hydrogen-bond acceptors (Lipinski definition) is 3. The molecule has 2 rings (SSSR count). The third kappa shape index (κ3) is 2.73. The van der Waals surface area contributed by atoms with Gasteiger partial charge in [-0.1, -0.05) is 12.8 Å². The summed E-state index contributed by atoms with van der Waals surface area (Å²) in [5.74, 6) is 0.483. The van der Waals surface area contributed by atoms with E-state index in [1.165, 1.54) is 12.8 Å². The Morgan fingerprint density at radius 1 is 1.29 bits per heavy atom. The Kier molecular flexibility index (Phi) is 3.34. The number of likely N-dealkylation sites (tertiary alicyclic amines) is 1. The standard InChI is InChI=1S/C13H24N2O2/c1-13(2,3)17-12(16)15-8-10(14)9-6-4-5-7-11(9)15/h9-11H,4-8,14H2,1-3H3. The van der Waals surface area contributed by atoms with E-state index in [4.69, 9.17) is 10.5 Å². The SMILES string of the molecule is CC(C)(C)OC(=O)N1CC(N)C2CCCCC21. The van der Waals surface area contributed by atoms with Gasteiger partial charge in [0.25, 0.3) is 0 Å². The Morgan fingerprint density at radius 3 is 2.59 bits per heavy atom. The highest BCUT2D eigenvalue weighted by atomic mass is 16.6. The molecule has 1 aliphatic heterocycles. The second-order valence-corrected chi connectivity index (χ2v) is 6.31. The Bertz CT molecular complexity index is 298. The average Bonchev–Trinajstić information content (AvgIpc) is 2.55. The van der Waals surface area contributed by atoms with E-state index in [2.05, 4.69) is 0 Å². The van der Waals surface area contributed by atoms with Gasteiger partial charge in [-0.2, -0.15) is 0 Å². The highest BCUT2D eigenvalue weighted by molar-refractivity contribution is 5.69. The van der Waals surface area contributed by atoms with Crippen molar-refractivity contribution in [2.24, 2.45) is 11.7 Å². The minimum absolute atomic E-state index is 0.132. The van der Waals surface area contributed by atoms with E-state index in [1.807, 2.05) is 25.7 Å². The van der Waals surface area contributed by atoms with Crippen LogP contribution >= 0.6 is 0 Å². The summed E-state index contributed by atoms with van der Waals surface area (Å²) in [6.45, 7) is 6.36. The summed E-state index contributed by atoms with van der Waals surface area (Å²) in [7, 11) is 0. The van der Waals surface area contributed by atoms with Gasteiger partial charge in [0.2, 0.25) is 0 Å². The molecule has 0 aromatic carbocycles. The van der Waals surface area contributed by atoms with Crippen molar-refractivity contribution >= 4 is 6.09 Å². The Balaban J connectivity index is 2.04. The summed E-state index contributed by atoms with van der Waals surface area (Å²) >= 11 is 0. The van der Waals surface area contributed by atoms with Gasteiger partial charge in [0.05, 0.1) is 0 Å². The lowest BCUT2D eigenvalue weighted by atomic mass is 9.83. The van der Waals surface area contributed by atoms with Crippen molar-refractivity contribution in [3.63, 3.8) is 0 Å². The van der Waals surface area contributed by atoms with E-state index in [-0.39, 0.29) is 12.1 Å². The van der Waals surface area contributed by atoms with Gasteiger partial charge in [-0.25, -0.2) is 4.79 Å². The Hall–Kier alpha value is -0.770. The van der Waals surface area contributed by atoms with Crippen molar-refractivity contribution in [1.82, 2.24) is 4.90 Å². The van der Waals surface area contributed by atoms with Crippen LogP contribution in [0, 0.1) is 5.92 Å². The summed E-state index contributed by atoms with van der Waals surface area (Å²) in [5, 5.41) is 0.